The molecule has 2 aromatic carbocycles. The van der Waals surface area contributed by atoms with E-state index >= 15 is 0 Å². The van der Waals surface area contributed by atoms with Crippen molar-refractivity contribution >= 4 is 23.6 Å². The zero-order valence-electron chi connectivity index (χ0n) is 12.6. The first-order valence-electron chi connectivity index (χ1n) is 6.90. The van der Waals surface area contributed by atoms with Crippen LogP contribution >= 0.6 is 11.6 Å². The average Bonchev–Trinajstić information content (AvgIpc) is 2.52. The molecule has 2 aromatic rings. The summed E-state index contributed by atoms with van der Waals surface area (Å²) >= 11 is 5.92. The van der Waals surface area contributed by atoms with Crippen LogP contribution in [0.3, 0.4) is 0 Å². The van der Waals surface area contributed by atoms with Crippen molar-refractivity contribution in [1.29, 1.82) is 0 Å². The lowest BCUT2D eigenvalue weighted by molar-refractivity contribution is -0.125. The Morgan fingerprint density at radius 1 is 1.23 bits per heavy atom. The van der Waals surface area contributed by atoms with Crippen LogP contribution in [0.4, 0.5) is 0 Å². The fourth-order valence-corrected chi connectivity index (χ4v) is 2.23. The Hall–Kier alpha value is -2.26. The van der Waals surface area contributed by atoms with Gasteiger partial charge >= 0.3 is 0 Å². The lowest BCUT2D eigenvalue weighted by Crippen LogP contribution is -2.24. The van der Waals surface area contributed by atoms with Crippen molar-refractivity contribution in [3.63, 3.8) is 0 Å². The van der Waals surface area contributed by atoms with Gasteiger partial charge in [-0.15, -0.1) is 0 Å². The quantitative estimate of drug-likeness (QED) is 0.780. The van der Waals surface area contributed by atoms with Gasteiger partial charge in [-0.25, -0.2) is 0 Å². The summed E-state index contributed by atoms with van der Waals surface area (Å²) in [6.07, 6.45) is 3.31. The number of carbonyl (C=O) groups excluding carboxylic acids is 1. The predicted molar refractivity (Wildman–Crippen MR) is 90.0 cm³/mol. The number of hydrogen-bond acceptors (Lipinski definition) is 2. The summed E-state index contributed by atoms with van der Waals surface area (Å²) in [5, 5.41) is 0.652. The molecule has 0 spiro atoms. The highest BCUT2D eigenvalue weighted by atomic mass is 35.5. The predicted octanol–water partition coefficient (Wildman–Crippen LogP) is 4.02. The molecule has 0 saturated heterocycles. The van der Waals surface area contributed by atoms with Crippen LogP contribution in [-0.2, 0) is 11.3 Å². The van der Waals surface area contributed by atoms with Gasteiger partial charge < -0.3 is 9.64 Å². The molecule has 0 fully saturated rings. The Labute approximate surface area is 135 Å². The number of amides is 1. The van der Waals surface area contributed by atoms with Crippen LogP contribution in [-0.4, -0.2) is 25.0 Å². The maximum atomic E-state index is 12.1. The molecule has 114 valence electrons. The number of carbonyl (C=O) groups is 1. The molecular weight excluding hydrogens is 298 g/mol. The molecule has 0 aliphatic rings. The van der Waals surface area contributed by atoms with E-state index in [9.17, 15) is 4.79 Å². The van der Waals surface area contributed by atoms with E-state index in [1.165, 1.54) is 0 Å². The maximum absolute atomic E-state index is 12.1. The molecule has 2 rings (SSSR count). The van der Waals surface area contributed by atoms with Crippen molar-refractivity contribution in [1.82, 2.24) is 4.90 Å². The van der Waals surface area contributed by atoms with Gasteiger partial charge in [0.05, 0.1) is 7.11 Å². The molecule has 0 saturated carbocycles. The van der Waals surface area contributed by atoms with Crippen molar-refractivity contribution in [2.45, 2.75) is 6.54 Å². The Kier molecular flexibility index (Phi) is 5.61. The monoisotopic (exact) mass is 315 g/mol. The van der Waals surface area contributed by atoms with Gasteiger partial charge in [0.15, 0.2) is 0 Å². The zero-order valence-corrected chi connectivity index (χ0v) is 13.4. The minimum Gasteiger partial charge on any atom is -0.497 e. The molecule has 3 nitrogen and oxygen atoms in total. The van der Waals surface area contributed by atoms with E-state index in [0.29, 0.717) is 11.6 Å². The van der Waals surface area contributed by atoms with Crippen LogP contribution in [0.25, 0.3) is 6.08 Å². The third kappa shape index (κ3) is 4.64. The highest BCUT2D eigenvalue weighted by molar-refractivity contribution is 6.30. The molecule has 0 bridgehead atoms. The van der Waals surface area contributed by atoms with Gasteiger partial charge in [-0.05, 0) is 41.5 Å². The van der Waals surface area contributed by atoms with Gasteiger partial charge in [-0.2, -0.15) is 0 Å². The summed E-state index contributed by atoms with van der Waals surface area (Å²) in [5.41, 5.74) is 1.92. The molecule has 0 unspecified atom stereocenters. The second-order valence-corrected chi connectivity index (χ2v) is 5.37. The second-order valence-electron chi connectivity index (χ2n) is 4.93. The van der Waals surface area contributed by atoms with E-state index in [2.05, 4.69) is 0 Å². The van der Waals surface area contributed by atoms with Gasteiger partial charge in [-0.1, -0.05) is 35.9 Å². The zero-order chi connectivity index (χ0) is 15.9. The summed E-state index contributed by atoms with van der Waals surface area (Å²) in [6.45, 7) is 0.524. The number of benzene rings is 2. The summed E-state index contributed by atoms with van der Waals surface area (Å²) in [4.78, 5) is 13.8. The van der Waals surface area contributed by atoms with Crippen molar-refractivity contribution in [3.8, 4) is 5.75 Å². The fourth-order valence-electron chi connectivity index (χ4n) is 2.03. The molecule has 0 heterocycles. The number of nitrogens with zero attached hydrogens (tertiary/aromatic N) is 1. The smallest absolute Gasteiger partial charge is 0.246 e. The normalized spacial score (nSPS) is 10.7. The summed E-state index contributed by atoms with van der Waals surface area (Å²) in [7, 11) is 3.39. The van der Waals surface area contributed by atoms with Gasteiger partial charge in [-0.3, -0.25) is 4.79 Å². The molecular formula is C18H18ClNO2. The van der Waals surface area contributed by atoms with Crippen LogP contribution in [0.15, 0.2) is 54.6 Å². The molecule has 0 radical (unpaired) electrons. The number of halogens is 1. The summed E-state index contributed by atoms with van der Waals surface area (Å²) in [5.74, 6) is 0.718. The van der Waals surface area contributed by atoms with Crippen molar-refractivity contribution in [2.24, 2.45) is 0 Å². The fraction of sp³-hybridized carbons (Fsp3) is 0.167. The number of rotatable bonds is 5. The van der Waals surface area contributed by atoms with E-state index in [1.54, 1.807) is 37.3 Å². The van der Waals surface area contributed by atoms with Crippen LogP contribution in [0.5, 0.6) is 5.75 Å². The first-order valence-corrected chi connectivity index (χ1v) is 7.28. The molecule has 0 atom stereocenters. The molecule has 0 aromatic heterocycles. The van der Waals surface area contributed by atoms with Gasteiger partial charge in [0.1, 0.15) is 5.75 Å². The summed E-state index contributed by atoms with van der Waals surface area (Å²) < 4.78 is 5.18. The molecule has 4 heteroatoms. The number of likely N-dealkylation sites (N-methyl/N-ethyl adjacent to an activating group) is 1. The van der Waals surface area contributed by atoms with Crippen LogP contribution in [0.2, 0.25) is 5.02 Å². The molecule has 0 aliphatic heterocycles. The van der Waals surface area contributed by atoms with Crippen molar-refractivity contribution in [2.75, 3.05) is 14.2 Å². The molecule has 0 aliphatic carbocycles. The average molecular weight is 316 g/mol. The number of ether oxygens (including phenoxy) is 1. The Balaban J connectivity index is 1.99. The highest BCUT2D eigenvalue weighted by Crippen LogP contribution is 2.15. The van der Waals surface area contributed by atoms with Crippen molar-refractivity contribution in [3.05, 3.63) is 70.8 Å². The largest absolute Gasteiger partial charge is 0.497 e. The van der Waals surface area contributed by atoms with E-state index in [-0.39, 0.29) is 5.91 Å². The lowest BCUT2D eigenvalue weighted by atomic mass is 10.2. The first kappa shape index (κ1) is 16.1. The van der Waals surface area contributed by atoms with Crippen LogP contribution in [0.1, 0.15) is 11.1 Å². The highest BCUT2D eigenvalue weighted by Gasteiger charge is 2.06. The number of hydrogen-bond donors (Lipinski definition) is 0. The van der Waals surface area contributed by atoms with Crippen molar-refractivity contribution < 1.29 is 9.53 Å². The Morgan fingerprint density at radius 3 is 2.73 bits per heavy atom. The van der Waals surface area contributed by atoms with E-state index < -0.39 is 0 Å². The minimum absolute atomic E-state index is 0.0669. The molecule has 0 N–H and O–H groups in total. The minimum atomic E-state index is -0.0669. The Morgan fingerprint density at radius 2 is 2.00 bits per heavy atom. The topological polar surface area (TPSA) is 29.5 Å². The standard InChI is InChI=1S/C18H18ClNO2/c1-20(13-15-6-4-8-17(12-15)22-2)18(21)10-9-14-5-3-7-16(19)11-14/h3-12H,13H2,1-2H3/b10-9+. The van der Waals surface area contributed by atoms with Gasteiger partial charge in [0, 0.05) is 24.7 Å². The Bertz CT molecular complexity index is 682. The molecule has 22 heavy (non-hydrogen) atoms. The maximum Gasteiger partial charge on any atom is 0.246 e. The molecule has 1 amide bonds. The SMILES string of the molecule is COc1cccc(CN(C)C(=O)/C=C/c2cccc(Cl)c2)c1. The summed E-state index contributed by atoms with van der Waals surface area (Å²) in [6, 6.07) is 15.0. The van der Waals surface area contributed by atoms with E-state index in [0.717, 1.165) is 16.9 Å². The van der Waals surface area contributed by atoms with Crippen LogP contribution in [0, 0.1) is 0 Å². The second kappa shape index (κ2) is 7.66. The lowest BCUT2D eigenvalue weighted by Gasteiger charge is -2.15. The third-order valence-corrected chi connectivity index (χ3v) is 3.43. The van der Waals surface area contributed by atoms with E-state index in [4.69, 9.17) is 16.3 Å². The third-order valence-electron chi connectivity index (χ3n) is 3.20. The van der Waals surface area contributed by atoms with E-state index in [1.807, 2.05) is 42.5 Å². The van der Waals surface area contributed by atoms with Crippen LogP contribution < -0.4 is 4.74 Å². The van der Waals surface area contributed by atoms with Gasteiger partial charge in [0.25, 0.3) is 0 Å². The van der Waals surface area contributed by atoms with Gasteiger partial charge in [0.2, 0.25) is 5.91 Å². The first-order chi connectivity index (χ1) is 10.6. The number of methoxy groups -OCH3 is 1.